The second-order valence-electron chi connectivity index (χ2n) is 9.80. The molecule has 1 aromatic carbocycles. The molecule has 2 unspecified atom stereocenters. The summed E-state index contributed by atoms with van der Waals surface area (Å²) in [6.07, 6.45) is -2.22. The fourth-order valence-electron chi connectivity index (χ4n) is 4.83. The summed E-state index contributed by atoms with van der Waals surface area (Å²) in [5.41, 5.74) is 3.14. The molecule has 2 atom stereocenters. The molecule has 2 aliphatic rings. The van der Waals surface area contributed by atoms with Gasteiger partial charge < -0.3 is 27.1 Å². The first-order valence-corrected chi connectivity index (χ1v) is 12.9. The van der Waals surface area contributed by atoms with Crippen LogP contribution in [-0.2, 0) is 11.0 Å². The number of hydrogen-bond acceptors (Lipinski definition) is 5. The predicted octanol–water partition coefficient (Wildman–Crippen LogP) is 4.41. The first-order valence-electron chi connectivity index (χ1n) is 12.9. The van der Waals surface area contributed by atoms with Gasteiger partial charge in [-0.1, -0.05) is 40.3 Å². The number of nitrogens with two attached hydrogens (primary N) is 1. The number of benzene rings is 1. The molecule has 1 aromatic heterocycles. The van der Waals surface area contributed by atoms with Crippen LogP contribution in [0.1, 0.15) is 70.7 Å². The Labute approximate surface area is 274 Å². The molecule has 5 N–H and O–H groups in total. The molecule has 1 spiro atoms. The van der Waals surface area contributed by atoms with Gasteiger partial charge in [0.2, 0.25) is 5.91 Å². The number of amides is 1. The average molecular weight is 598 g/mol. The SMILES string of the molecule is CC.CC(C)C1CC12CCN2.CCC(=O)Nc1c(F)c(-c2cc(N)c(F)c(C)c2C(F)(F)F)nc(C)c1[N-]O.[K+]. The van der Waals surface area contributed by atoms with Crippen molar-refractivity contribution in [2.45, 2.75) is 79.4 Å². The van der Waals surface area contributed by atoms with Crippen molar-refractivity contribution in [1.29, 1.82) is 0 Å². The first-order chi connectivity index (χ1) is 18.2. The number of rotatable bonds is 5. The van der Waals surface area contributed by atoms with E-state index < -0.39 is 63.2 Å². The van der Waals surface area contributed by atoms with Crippen LogP contribution in [-0.4, -0.2) is 28.2 Å². The molecule has 218 valence electrons. The fraction of sp³-hybridized carbons (Fsp3) is 0.556. The Morgan fingerprint density at radius 3 is 2.23 bits per heavy atom. The van der Waals surface area contributed by atoms with Gasteiger partial charge in [0.05, 0.1) is 16.9 Å². The Morgan fingerprint density at radius 2 is 1.85 bits per heavy atom. The Bertz CT molecular complexity index is 1200. The minimum atomic E-state index is -5.04. The number of carbonyl (C=O) groups is 1. The molecular formula is C27H37F5KN5O2. The van der Waals surface area contributed by atoms with Crippen LogP contribution in [0, 0.1) is 37.3 Å². The zero-order valence-corrected chi connectivity index (χ0v) is 27.4. The smallest absolute Gasteiger partial charge is 0.562 e. The number of nitrogen functional groups attached to an aromatic ring is 1. The van der Waals surface area contributed by atoms with Crippen molar-refractivity contribution in [2.75, 3.05) is 17.6 Å². The van der Waals surface area contributed by atoms with Gasteiger partial charge in [0.1, 0.15) is 11.5 Å². The van der Waals surface area contributed by atoms with Crippen molar-refractivity contribution in [3.63, 3.8) is 0 Å². The Morgan fingerprint density at radius 1 is 1.27 bits per heavy atom. The van der Waals surface area contributed by atoms with Crippen LogP contribution in [0.15, 0.2) is 6.07 Å². The van der Waals surface area contributed by atoms with Gasteiger partial charge in [-0.15, -0.1) is 0 Å². The van der Waals surface area contributed by atoms with Crippen molar-refractivity contribution in [3.8, 4) is 11.3 Å². The molecule has 13 heteroatoms. The molecule has 2 aromatic rings. The molecule has 1 aliphatic heterocycles. The summed E-state index contributed by atoms with van der Waals surface area (Å²) in [6.45, 7) is 13.5. The third-order valence-electron chi connectivity index (χ3n) is 7.02. The molecule has 40 heavy (non-hydrogen) atoms. The topological polar surface area (TPSA) is 114 Å². The van der Waals surface area contributed by atoms with Crippen molar-refractivity contribution >= 4 is 23.0 Å². The molecule has 2 heterocycles. The molecule has 1 saturated heterocycles. The van der Waals surface area contributed by atoms with Gasteiger partial charge in [-0.05, 0) is 56.7 Å². The van der Waals surface area contributed by atoms with E-state index in [1.54, 1.807) is 0 Å². The van der Waals surface area contributed by atoms with E-state index in [-0.39, 0.29) is 63.5 Å². The predicted molar refractivity (Wildman–Crippen MR) is 142 cm³/mol. The number of anilines is 2. The van der Waals surface area contributed by atoms with Gasteiger partial charge >= 0.3 is 57.6 Å². The van der Waals surface area contributed by atoms with Crippen LogP contribution >= 0.6 is 0 Å². The number of nitrogens with zero attached hydrogens (tertiary/aromatic N) is 2. The molecule has 1 amide bonds. The van der Waals surface area contributed by atoms with Crippen LogP contribution in [0.4, 0.5) is 39.0 Å². The van der Waals surface area contributed by atoms with Gasteiger partial charge in [-0.3, -0.25) is 9.78 Å². The zero-order valence-electron chi connectivity index (χ0n) is 24.3. The Kier molecular flexibility index (Phi) is 13.5. The molecular weight excluding hydrogens is 560 g/mol. The third-order valence-corrected chi connectivity index (χ3v) is 7.02. The van der Waals surface area contributed by atoms with Gasteiger partial charge in [0.15, 0.2) is 5.82 Å². The van der Waals surface area contributed by atoms with Crippen molar-refractivity contribution in [2.24, 2.45) is 11.8 Å². The van der Waals surface area contributed by atoms with Gasteiger partial charge in [0, 0.05) is 23.2 Å². The number of hydrogen-bond donors (Lipinski definition) is 4. The maximum absolute atomic E-state index is 15.1. The number of aryl methyl sites for hydroxylation is 1. The number of halogens is 5. The van der Waals surface area contributed by atoms with E-state index in [0.717, 1.165) is 18.8 Å². The fourth-order valence-corrected chi connectivity index (χ4v) is 4.83. The monoisotopic (exact) mass is 597 g/mol. The van der Waals surface area contributed by atoms with Crippen LogP contribution in [0.5, 0.6) is 0 Å². The number of alkyl halides is 3. The van der Waals surface area contributed by atoms with E-state index in [0.29, 0.717) is 11.6 Å². The second kappa shape index (κ2) is 14.7. The minimum Gasteiger partial charge on any atom is -0.562 e. The number of pyridine rings is 1. The van der Waals surface area contributed by atoms with Crippen LogP contribution < -0.4 is 67.8 Å². The largest absolute Gasteiger partial charge is 1.00 e. The first kappa shape index (κ1) is 36.7. The summed E-state index contributed by atoms with van der Waals surface area (Å²) in [5, 5.41) is 14.8. The summed E-state index contributed by atoms with van der Waals surface area (Å²) in [4.78, 5) is 15.4. The van der Waals surface area contributed by atoms with Gasteiger partial charge in [-0.25, -0.2) is 8.78 Å². The number of carbonyl (C=O) groups excluding carboxylic acids is 1. The second-order valence-corrected chi connectivity index (χ2v) is 9.80. The van der Waals surface area contributed by atoms with Gasteiger partial charge in [-0.2, -0.15) is 13.2 Å². The van der Waals surface area contributed by atoms with Crippen LogP contribution in [0.25, 0.3) is 16.7 Å². The molecule has 7 nitrogen and oxygen atoms in total. The summed E-state index contributed by atoms with van der Waals surface area (Å²) >= 11 is 0. The maximum atomic E-state index is 15.1. The van der Waals surface area contributed by atoms with E-state index in [4.69, 9.17) is 10.9 Å². The molecule has 1 saturated carbocycles. The molecule has 0 radical (unpaired) electrons. The van der Waals surface area contributed by atoms with E-state index in [1.807, 2.05) is 13.8 Å². The van der Waals surface area contributed by atoms with Gasteiger partial charge in [0.25, 0.3) is 0 Å². The van der Waals surface area contributed by atoms with E-state index >= 15 is 4.39 Å². The van der Waals surface area contributed by atoms with Crippen LogP contribution in [0.3, 0.4) is 0 Å². The normalized spacial score (nSPS) is 18.9. The number of aromatic nitrogens is 1. The van der Waals surface area contributed by atoms with Crippen LogP contribution in [0.2, 0.25) is 0 Å². The maximum Gasteiger partial charge on any atom is 1.00 e. The number of nitrogens with one attached hydrogen (secondary N) is 2. The summed E-state index contributed by atoms with van der Waals surface area (Å²) in [7, 11) is 0. The van der Waals surface area contributed by atoms with E-state index in [1.165, 1.54) is 33.2 Å². The average Bonchev–Trinajstić information content (AvgIpc) is 3.63. The summed E-state index contributed by atoms with van der Waals surface area (Å²) in [5.74, 6) is -1.43. The van der Waals surface area contributed by atoms with E-state index in [2.05, 4.69) is 34.9 Å². The quantitative estimate of drug-likeness (QED) is 0.177. The van der Waals surface area contributed by atoms with E-state index in [9.17, 15) is 22.4 Å². The van der Waals surface area contributed by atoms with Crippen molar-refractivity contribution < 1.29 is 83.3 Å². The summed E-state index contributed by atoms with van der Waals surface area (Å²) < 4.78 is 69.7. The molecule has 4 rings (SSSR count). The van der Waals surface area contributed by atoms with Crippen molar-refractivity contribution in [3.05, 3.63) is 40.0 Å². The molecule has 0 bridgehead atoms. The van der Waals surface area contributed by atoms with Crippen molar-refractivity contribution in [1.82, 2.24) is 10.3 Å². The Hall–Kier alpha value is -1.35. The summed E-state index contributed by atoms with van der Waals surface area (Å²) in [6, 6.07) is 0.622. The Balaban J connectivity index is 0.000000553. The standard InChI is InChI=1S/C17H16F5N4O2.C8H15N.C2H6.K/c1-4-10(27)25-16-13(19)15(24-7(3)14(16)26-28)8-5-9(23)12(18)6(2)11(8)17(20,21)22;1-6(2)7-5-8(7)3-4-9-8;1-2;/h5,28H,4,23H2,1-3H3,(H,24,25,27);6-7,9H,3-5H2,1-2H3;1-2H3;/q-1;;;+1. The molecule has 2 fully saturated rings. The minimum absolute atomic E-state index is 0. The third kappa shape index (κ3) is 7.72. The zero-order chi connectivity index (χ0) is 29.9. The molecule has 1 aliphatic carbocycles.